The van der Waals surface area contributed by atoms with Gasteiger partial charge in [0.2, 0.25) is 0 Å². The Morgan fingerprint density at radius 1 is 1.64 bits per heavy atom. The molecule has 0 spiro atoms. The third-order valence-corrected chi connectivity index (χ3v) is 2.65. The SMILES string of the molecule is COCC(=O)CN1CCC(O)C(C)C1. The van der Waals surface area contributed by atoms with Crippen LogP contribution in [0.2, 0.25) is 0 Å². The number of carbonyl (C=O) groups excluding carboxylic acids is 1. The molecule has 0 saturated carbocycles. The molecule has 1 fully saturated rings. The Hall–Kier alpha value is -0.450. The number of ether oxygens (including phenoxy) is 1. The first-order chi connectivity index (χ1) is 6.63. The predicted octanol–water partition coefficient (Wildman–Crippen LogP) is -0.0954. The van der Waals surface area contributed by atoms with Crippen LogP contribution in [0.5, 0.6) is 0 Å². The zero-order chi connectivity index (χ0) is 10.6. The number of rotatable bonds is 4. The van der Waals surface area contributed by atoms with Gasteiger partial charge in [0.1, 0.15) is 6.61 Å². The molecule has 82 valence electrons. The summed E-state index contributed by atoms with van der Waals surface area (Å²) in [4.78, 5) is 13.4. The van der Waals surface area contributed by atoms with Crippen LogP contribution in [-0.2, 0) is 9.53 Å². The van der Waals surface area contributed by atoms with Gasteiger partial charge in [0.05, 0.1) is 12.6 Å². The number of nitrogens with zero attached hydrogens (tertiary/aromatic N) is 1. The molecule has 0 radical (unpaired) electrons. The second kappa shape index (κ2) is 5.44. The highest BCUT2D eigenvalue weighted by Crippen LogP contribution is 2.15. The molecule has 2 atom stereocenters. The molecule has 1 N–H and O–H groups in total. The van der Waals surface area contributed by atoms with Crippen LogP contribution < -0.4 is 0 Å². The number of hydrogen-bond acceptors (Lipinski definition) is 4. The standard InChI is InChI=1S/C10H19NO3/c1-8-5-11(4-3-10(8)13)6-9(12)7-14-2/h8,10,13H,3-7H2,1-2H3. The highest BCUT2D eigenvalue weighted by Gasteiger charge is 2.24. The minimum absolute atomic E-state index is 0.107. The van der Waals surface area contributed by atoms with Crippen molar-refractivity contribution in [3.05, 3.63) is 0 Å². The van der Waals surface area contributed by atoms with Crippen LogP contribution in [-0.4, -0.2) is 55.2 Å². The Labute approximate surface area is 84.8 Å². The molecule has 2 unspecified atom stereocenters. The van der Waals surface area contributed by atoms with Crippen molar-refractivity contribution in [2.45, 2.75) is 19.4 Å². The van der Waals surface area contributed by atoms with E-state index in [4.69, 9.17) is 4.74 Å². The van der Waals surface area contributed by atoms with Crippen molar-refractivity contribution >= 4 is 5.78 Å². The summed E-state index contributed by atoms with van der Waals surface area (Å²) in [6.45, 7) is 4.26. The number of ketones is 1. The molecule has 1 heterocycles. The third kappa shape index (κ3) is 3.36. The van der Waals surface area contributed by atoms with Gasteiger partial charge in [-0.3, -0.25) is 9.69 Å². The lowest BCUT2D eigenvalue weighted by molar-refractivity contribution is -0.124. The van der Waals surface area contributed by atoms with Crippen LogP contribution >= 0.6 is 0 Å². The Bertz CT molecular complexity index is 196. The van der Waals surface area contributed by atoms with E-state index in [1.54, 1.807) is 0 Å². The topological polar surface area (TPSA) is 49.8 Å². The van der Waals surface area contributed by atoms with Crippen molar-refractivity contribution in [1.82, 2.24) is 4.90 Å². The van der Waals surface area contributed by atoms with E-state index in [1.807, 2.05) is 6.92 Å². The van der Waals surface area contributed by atoms with Gasteiger partial charge in [-0.25, -0.2) is 0 Å². The molecular formula is C10H19NO3. The second-order valence-electron chi connectivity index (χ2n) is 4.04. The second-order valence-corrected chi connectivity index (χ2v) is 4.04. The molecule has 1 saturated heterocycles. The van der Waals surface area contributed by atoms with Gasteiger partial charge in [0.25, 0.3) is 0 Å². The predicted molar refractivity (Wildman–Crippen MR) is 53.1 cm³/mol. The molecular weight excluding hydrogens is 182 g/mol. The normalized spacial score (nSPS) is 29.1. The molecule has 0 aromatic rings. The van der Waals surface area contributed by atoms with E-state index >= 15 is 0 Å². The summed E-state index contributed by atoms with van der Waals surface area (Å²) < 4.78 is 4.77. The average Bonchev–Trinajstić information content (AvgIpc) is 2.12. The molecule has 0 bridgehead atoms. The van der Waals surface area contributed by atoms with E-state index in [0.29, 0.717) is 6.54 Å². The number of Topliss-reactive ketones (excluding diaryl/α,β-unsaturated/α-hetero) is 1. The van der Waals surface area contributed by atoms with E-state index in [1.165, 1.54) is 7.11 Å². The van der Waals surface area contributed by atoms with Gasteiger partial charge < -0.3 is 9.84 Å². The van der Waals surface area contributed by atoms with Crippen molar-refractivity contribution in [2.24, 2.45) is 5.92 Å². The summed E-state index contributed by atoms with van der Waals surface area (Å²) >= 11 is 0. The van der Waals surface area contributed by atoms with Crippen LogP contribution in [0.3, 0.4) is 0 Å². The molecule has 14 heavy (non-hydrogen) atoms. The largest absolute Gasteiger partial charge is 0.393 e. The number of hydrogen-bond donors (Lipinski definition) is 1. The van der Waals surface area contributed by atoms with E-state index in [-0.39, 0.29) is 24.4 Å². The maximum Gasteiger partial charge on any atom is 0.172 e. The van der Waals surface area contributed by atoms with Crippen molar-refractivity contribution in [2.75, 3.05) is 33.4 Å². The van der Waals surface area contributed by atoms with Gasteiger partial charge >= 0.3 is 0 Å². The lowest BCUT2D eigenvalue weighted by atomic mass is 9.97. The lowest BCUT2D eigenvalue weighted by Gasteiger charge is -2.33. The highest BCUT2D eigenvalue weighted by molar-refractivity contribution is 5.81. The number of likely N-dealkylation sites (tertiary alicyclic amines) is 1. The minimum Gasteiger partial charge on any atom is -0.393 e. The van der Waals surface area contributed by atoms with Gasteiger partial charge in [-0.05, 0) is 12.3 Å². The quantitative estimate of drug-likeness (QED) is 0.690. The summed E-state index contributed by atoms with van der Waals surface area (Å²) in [5, 5.41) is 9.50. The highest BCUT2D eigenvalue weighted by atomic mass is 16.5. The number of piperidine rings is 1. The first-order valence-electron chi connectivity index (χ1n) is 5.04. The summed E-state index contributed by atoms with van der Waals surface area (Å²) in [6, 6.07) is 0. The molecule has 1 aliphatic heterocycles. The smallest absolute Gasteiger partial charge is 0.172 e. The van der Waals surface area contributed by atoms with Crippen molar-refractivity contribution in [1.29, 1.82) is 0 Å². The van der Waals surface area contributed by atoms with E-state index in [2.05, 4.69) is 4.90 Å². The molecule has 0 aromatic heterocycles. The Morgan fingerprint density at radius 3 is 2.93 bits per heavy atom. The summed E-state index contributed by atoms with van der Waals surface area (Å²) in [7, 11) is 1.53. The fourth-order valence-corrected chi connectivity index (χ4v) is 1.82. The van der Waals surface area contributed by atoms with Crippen molar-refractivity contribution in [3.8, 4) is 0 Å². The Morgan fingerprint density at radius 2 is 2.36 bits per heavy atom. The van der Waals surface area contributed by atoms with Gasteiger partial charge in [0.15, 0.2) is 5.78 Å². The van der Waals surface area contributed by atoms with E-state index in [9.17, 15) is 9.90 Å². The number of aliphatic hydroxyl groups excluding tert-OH is 1. The monoisotopic (exact) mass is 201 g/mol. The van der Waals surface area contributed by atoms with E-state index < -0.39 is 0 Å². The first kappa shape index (κ1) is 11.6. The van der Waals surface area contributed by atoms with Gasteiger partial charge in [0, 0.05) is 20.2 Å². The minimum atomic E-state index is -0.205. The summed E-state index contributed by atoms with van der Waals surface area (Å²) in [6.07, 6.45) is 0.560. The van der Waals surface area contributed by atoms with Gasteiger partial charge in [-0.2, -0.15) is 0 Å². The van der Waals surface area contributed by atoms with Crippen LogP contribution in [0, 0.1) is 5.92 Å². The fraction of sp³-hybridized carbons (Fsp3) is 0.900. The van der Waals surface area contributed by atoms with Crippen LogP contribution in [0.25, 0.3) is 0 Å². The van der Waals surface area contributed by atoms with Crippen molar-refractivity contribution in [3.63, 3.8) is 0 Å². The maximum atomic E-state index is 11.3. The summed E-state index contributed by atoms with van der Waals surface area (Å²) in [5.41, 5.74) is 0. The van der Waals surface area contributed by atoms with Gasteiger partial charge in [-0.15, -0.1) is 0 Å². The maximum absolute atomic E-state index is 11.3. The van der Waals surface area contributed by atoms with Crippen LogP contribution in [0.1, 0.15) is 13.3 Å². The first-order valence-corrected chi connectivity index (χ1v) is 5.04. The molecule has 1 aliphatic rings. The molecule has 4 nitrogen and oxygen atoms in total. The van der Waals surface area contributed by atoms with Crippen LogP contribution in [0.15, 0.2) is 0 Å². The van der Waals surface area contributed by atoms with E-state index in [0.717, 1.165) is 19.5 Å². The molecule has 0 aliphatic carbocycles. The number of methoxy groups -OCH3 is 1. The zero-order valence-electron chi connectivity index (χ0n) is 8.90. The van der Waals surface area contributed by atoms with Crippen molar-refractivity contribution < 1.29 is 14.6 Å². The van der Waals surface area contributed by atoms with Crippen LogP contribution in [0.4, 0.5) is 0 Å². The lowest BCUT2D eigenvalue weighted by Crippen LogP contribution is -2.44. The number of carbonyl (C=O) groups is 1. The molecule has 4 heteroatoms. The molecule has 0 amide bonds. The fourth-order valence-electron chi connectivity index (χ4n) is 1.82. The number of aliphatic hydroxyl groups is 1. The summed E-state index contributed by atoms with van der Waals surface area (Å²) in [5.74, 6) is 0.371. The zero-order valence-corrected chi connectivity index (χ0v) is 8.90. The Balaban J connectivity index is 2.29. The third-order valence-electron chi connectivity index (χ3n) is 2.65. The molecule has 0 aromatic carbocycles. The Kier molecular flexibility index (Phi) is 4.51. The average molecular weight is 201 g/mol. The van der Waals surface area contributed by atoms with Gasteiger partial charge in [-0.1, -0.05) is 6.92 Å². The molecule has 1 rings (SSSR count).